The molecule has 0 spiro atoms. The van der Waals surface area contributed by atoms with Crippen LogP contribution in [0.15, 0.2) is 46.9 Å². The van der Waals surface area contributed by atoms with Crippen LogP contribution >= 0.6 is 0 Å². The smallest absolute Gasteiger partial charge is 0.237 e. The molecule has 19 heavy (non-hydrogen) atoms. The van der Waals surface area contributed by atoms with Crippen LogP contribution in [0.3, 0.4) is 0 Å². The molecule has 0 aromatic heterocycles. The second-order valence-electron chi connectivity index (χ2n) is 3.39. The zero-order valence-corrected chi connectivity index (χ0v) is 10.7. The number of benzene rings is 1. The van der Waals surface area contributed by atoms with Gasteiger partial charge < -0.3 is 0 Å². The van der Waals surface area contributed by atoms with Crippen LogP contribution in [-0.2, 0) is 9.84 Å². The molecule has 0 aliphatic carbocycles. The highest BCUT2D eigenvalue weighted by Gasteiger charge is 2.11. The van der Waals surface area contributed by atoms with Gasteiger partial charge in [0.15, 0.2) is 9.84 Å². The summed E-state index contributed by atoms with van der Waals surface area (Å²) in [5, 5.41) is 20.5. The molecule has 1 aromatic carbocycles. The molecule has 1 aromatic rings. The zero-order valence-electron chi connectivity index (χ0n) is 9.87. The summed E-state index contributed by atoms with van der Waals surface area (Å²) >= 11 is 0. The Morgan fingerprint density at radius 1 is 1.32 bits per heavy atom. The standard InChI is InChI=1S/C12H10N4O2S/c1-2-7-19(17,18)12-5-3-10(4-6-12)15-16-11(8-13)9-14/h2-6,15H,1,7H2. The van der Waals surface area contributed by atoms with Crippen molar-refractivity contribution >= 4 is 21.2 Å². The minimum Gasteiger partial charge on any atom is -0.277 e. The van der Waals surface area contributed by atoms with Gasteiger partial charge in [0.05, 0.1) is 16.3 Å². The molecule has 0 heterocycles. The second kappa shape index (κ2) is 6.34. The van der Waals surface area contributed by atoms with Gasteiger partial charge in [0.2, 0.25) is 5.71 Å². The number of hydrazone groups is 1. The van der Waals surface area contributed by atoms with Crippen molar-refractivity contribution in [3.05, 3.63) is 36.9 Å². The van der Waals surface area contributed by atoms with E-state index in [1.165, 1.54) is 30.3 Å². The van der Waals surface area contributed by atoms with E-state index in [4.69, 9.17) is 10.5 Å². The third-order valence-electron chi connectivity index (χ3n) is 2.06. The van der Waals surface area contributed by atoms with Crippen molar-refractivity contribution in [3.8, 4) is 12.1 Å². The van der Waals surface area contributed by atoms with E-state index in [9.17, 15) is 8.42 Å². The van der Waals surface area contributed by atoms with Gasteiger partial charge in [-0.05, 0) is 24.3 Å². The van der Waals surface area contributed by atoms with E-state index in [-0.39, 0.29) is 16.4 Å². The average molecular weight is 274 g/mol. The Morgan fingerprint density at radius 2 is 1.89 bits per heavy atom. The Balaban J connectivity index is 2.90. The third kappa shape index (κ3) is 3.95. The Hall–Kier alpha value is -2.64. The van der Waals surface area contributed by atoms with Crippen molar-refractivity contribution in [1.82, 2.24) is 0 Å². The summed E-state index contributed by atoms with van der Waals surface area (Å²) in [6.07, 6.45) is 1.32. The van der Waals surface area contributed by atoms with Gasteiger partial charge in [0, 0.05) is 0 Å². The molecular weight excluding hydrogens is 264 g/mol. The lowest BCUT2D eigenvalue weighted by Gasteiger charge is -2.03. The number of nitrogens with zero attached hydrogens (tertiary/aromatic N) is 3. The maximum Gasteiger partial charge on any atom is 0.237 e. The fourth-order valence-corrected chi connectivity index (χ4v) is 2.24. The van der Waals surface area contributed by atoms with Crippen LogP contribution in [0.2, 0.25) is 0 Å². The Labute approximate surface area is 111 Å². The fraction of sp³-hybridized carbons (Fsp3) is 0.0833. The summed E-state index contributed by atoms with van der Waals surface area (Å²) in [4.78, 5) is 0.169. The van der Waals surface area contributed by atoms with E-state index >= 15 is 0 Å². The molecule has 6 nitrogen and oxygen atoms in total. The summed E-state index contributed by atoms with van der Waals surface area (Å²) in [7, 11) is -3.35. The summed E-state index contributed by atoms with van der Waals surface area (Å²) in [6.45, 7) is 3.39. The molecular formula is C12H10N4O2S. The topological polar surface area (TPSA) is 106 Å². The lowest BCUT2D eigenvalue weighted by atomic mass is 10.3. The maximum absolute atomic E-state index is 11.7. The Kier molecular flexibility index (Phi) is 4.81. The highest BCUT2D eigenvalue weighted by Crippen LogP contribution is 2.15. The Bertz CT molecular complexity index is 660. The van der Waals surface area contributed by atoms with Gasteiger partial charge in [0.1, 0.15) is 12.1 Å². The first kappa shape index (κ1) is 14.4. The predicted octanol–water partition coefficient (Wildman–Crippen LogP) is 1.46. The van der Waals surface area contributed by atoms with Gasteiger partial charge in [0.25, 0.3) is 0 Å². The molecule has 0 saturated carbocycles. The molecule has 0 saturated heterocycles. The molecule has 0 bridgehead atoms. The molecule has 0 unspecified atom stereocenters. The molecule has 0 aliphatic rings. The zero-order chi connectivity index (χ0) is 14.3. The molecule has 7 heteroatoms. The van der Waals surface area contributed by atoms with Gasteiger partial charge in [-0.15, -0.1) is 6.58 Å². The summed E-state index contributed by atoms with van der Waals surface area (Å²) in [5.41, 5.74) is 2.64. The molecule has 0 atom stereocenters. The normalized spacial score (nSPS) is 9.79. The number of anilines is 1. The van der Waals surface area contributed by atoms with Crippen LogP contribution < -0.4 is 5.43 Å². The van der Waals surface area contributed by atoms with Crippen LogP contribution in [0.25, 0.3) is 0 Å². The largest absolute Gasteiger partial charge is 0.277 e. The molecule has 96 valence electrons. The van der Waals surface area contributed by atoms with Gasteiger partial charge in [-0.25, -0.2) is 8.42 Å². The number of nitrogens with one attached hydrogen (secondary N) is 1. The highest BCUT2D eigenvalue weighted by molar-refractivity contribution is 7.91. The first-order valence-electron chi connectivity index (χ1n) is 5.11. The predicted molar refractivity (Wildman–Crippen MR) is 71.0 cm³/mol. The van der Waals surface area contributed by atoms with Crippen molar-refractivity contribution in [2.24, 2.45) is 5.10 Å². The van der Waals surface area contributed by atoms with E-state index in [2.05, 4.69) is 17.1 Å². The van der Waals surface area contributed by atoms with Gasteiger partial charge >= 0.3 is 0 Å². The summed E-state index contributed by atoms with van der Waals surface area (Å²) in [6, 6.07) is 8.99. The summed E-state index contributed by atoms with van der Waals surface area (Å²) < 4.78 is 23.4. The Morgan fingerprint density at radius 3 is 2.37 bits per heavy atom. The average Bonchev–Trinajstić information content (AvgIpc) is 2.40. The number of nitriles is 2. The van der Waals surface area contributed by atoms with Crippen LogP contribution in [-0.4, -0.2) is 19.9 Å². The molecule has 0 aliphatic heterocycles. The van der Waals surface area contributed by atoms with E-state index < -0.39 is 9.84 Å². The quantitative estimate of drug-likeness (QED) is 0.497. The van der Waals surface area contributed by atoms with Gasteiger partial charge in [-0.2, -0.15) is 15.6 Å². The maximum atomic E-state index is 11.7. The van der Waals surface area contributed by atoms with Gasteiger partial charge in [-0.1, -0.05) is 6.08 Å². The molecule has 0 radical (unpaired) electrons. The molecule has 0 amide bonds. The summed E-state index contributed by atoms with van der Waals surface area (Å²) in [5.74, 6) is -0.134. The van der Waals surface area contributed by atoms with Crippen molar-refractivity contribution in [3.63, 3.8) is 0 Å². The van der Waals surface area contributed by atoms with Crippen LogP contribution in [0, 0.1) is 22.7 Å². The minimum atomic E-state index is -3.35. The number of rotatable bonds is 5. The fourth-order valence-electron chi connectivity index (χ4n) is 1.18. The van der Waals surface area contributed by atoms with E-state index in [1.54, 1.807) is 12.1 Å². The molecule has 1 N–H and O–H groups in total. The van der Waals surface area contributed by atoms with E-state index in [0.29, 0.717) is 5.69 Å². The number of hydrogen-bond acceptors (Lipinski definition) is 6. The highest BCUT2D eigenvalue weighted by atomic mass is 32.2. The van der Waals surface area contributed by atoms with E-state index in [1.807, 2.05) is 0 Å². The monoisotopic (exact) mass is 274 g/mol. The first-order valence-corrected chi connectivity index (χ1v) is 6.76. The molecule has 0 fully saturated rings. The van der Waals surface area contributed by atoms with Gasteiger partial charge in [-0.3, -0.25) is 5.43 Å². The second-order valence-corrected chi connectivity index (χ2v) is 5.42. The lowest BCUT2D eigenvalue weighted by Crippen LogP contribution is -2.04. The first-order chi connectivity index (χ1) is 9.03. The SMILES string of the molecule is C=CCS(=O)(=O)c1ccc(NN=C(C#N)C#N)cc1. The van der Waals surface area contributed by atoms with Crippen molar-refractivity contribution in [1.29, 1.82) is 10.5 Å². The van der Waals surface area contributed by atoms with Crippen molar-refractivity contribution in [2.45, 2.75) is 4.90 Å². The van der Waals surface area contributed by atoms with Crippen molar-refractivity contribution in [2.75, 3.05) is 11.2 Å². The number of sulfone groups is 1. The van der Waals surface area contributed by atoms with Crippen LogP contribution in [0.4, 0.5) is 5.69 Å². The van der Waals surface area contributed by atoms with E-state index in [0.717, 1.165) is 0 Å². The van der Waals surface area contributed by atoms with Crippen LogP contribution in [0.1, 0.15) is 0 Å². The minimum absolute atomic E-state index is 0.134. The van der Waals surface area contributed by atoms with Crippen LogP contribution in [0.5, 0.6) is 0 Å². The molecule has 1 rings (SSSR count). The lowest BCUT2D eigenvalue weighted by molar-refractivity contribution is 0.599. The van der Waals surface area contributed by atoms with Crippen molar-refractivity contribution < 1.29 is 8.42 Å². The number of hydrogen-bond donors (Lipinski definition) is 1. The third-order valence-corrected chi connectivity index (χ3v) is 3.72.